The Balaban J connectivity index is 0.00000312. The summed E-state index contributed by atoms with van der Waals surface area (Å²) in [4.78, 5) is 4.71. The summed E-state index contributed by atoms with van der Waals surface area (Å²) in [5.74, 6) is 1.42. The molecule has 0 aromatic carbocycles. The first-order valence-electron chi connectivity index (χ1n) is 9.14. The van der Waals surface area contributed by atoms with Gasteiger partial charge in [0.2, 0.25) is 0 Å². The molecule has 2 rings (SSSR count). The molecule has 2 unspecified atom stereocenters. The van der Waals surface area contributed by atoms with E-state index in [1.807, 2.05) is 7.05 Å². The third kappa shape index (κ3) is 7.17. The van der Waals surface area contributed by atoms with E-state index in [1.165, 1.54) is 12.0 Å². The highest BCUT2D eigenvalue weighted by molar-refractivity contribution is 14.0. The van der Waals surface area contributed by atoms with Crippen LogP contribution >= 0.6 is 24.0 Å². The number of nitrogens with zero attached hydrogens (tertiary/aromatic N) is 2. The molecule has 1 saturated heterocycles. The Labute approximate surface area is 170 Å². The molecule has 5 nitrogen and oxygen atoms in total. The summed E-state index contributed by atoms with van der Waals surface area (Å²) < 4.78 is 8.13. The van der Waals surface area contributed by atoms with Crippen molar-refractivity contribution in [3.8, 4) is 0 Å². The fourth-order valence-corrected chi connectivity index (χ4v) is 3.40. The Morgan fingerprint density at radius 1 is 1.36 bits per heavy atom. The van der Waals surface area contributed by atoms with E-state index in [1.54, 1.807) is 0 Å². The molecule has 0 radical (unpaired) electrons. The van der Waals surface area contributed by atoms with Crippen molar-refractivity contribution in [2.24, 2.45) is 23.4 Å². The zero-order valence-corrected chi connectivity index (χ0v) is 18.7. The molecule has 0 amide bonds. The van der Waals surface area contributed by atoms with Crippen molar-refractivity contribution in [3.63, 3.8) is 0 Å². The van der Waals surface area contributed by atoms with Crippen LogP contribution in [0.5, 0.6) is 0 Å². The molecule has 0 spiro atoms. The number of aliphatic imine (C=N–C) groups is 1. The first-order valence-corrected chi connectivity index (χ1v) is 9.14. The van der Waals surface area contributed by atoms with Crippen LogP contribution < -0.4 is 10.6 Å². The van der Waals surface area contributed by atoms with Gasteiger partial charge in [-0.05, 0) is 36.8 Å². The zero-order chi connectivity index (χ0) is 17.6. The summed E-state index contributed by atoms with van der Waals surface area (Å²) in [5.41, 5.74) is 1.40. The van der Waals surface area contributed by atoms with Gasteiger partial charge in [-0.25, -0.2) is 4.99 Å². The van der Waals surface area contributed by atoms with Gasteiger partial charge in [0, 0.05) is 45.1 Å². The number of nitrogens with one attached hydrogen (secondary N) is 2. The predicted molar refractivity (Wildman–Crippen MR) is 116 cm³/mol. The van der Waals surface area contributed by atoms with Gasteiger partial charge < -0.3 is 19.9 Å². The number of aryl methyl sites for hydroxylation is 1. The Kier molecular flexibility index (Phi) is 9.27. The zero-order valence-electron chi connectivity index (χ0n) is 16.3. The normalized spacial score (nSPS) is 21.6. The van der Waals surface area contributed by atoms with Crippen molar-refractivity contribution in [1.29, 1.82) is 0 Å². The van der Waals surface area contributed by atoms with Crippen molar-refractivity contribution < 1.29 is 4.74 Å². The summed E-state index contributed by atoms with van der Waals surface area (Å²) in [6.07, 6.45) is 6.83. The Bertz CT molecular complexity index is 536. The fraction of sp³-hybridized carbons (Fsp3) is 0.737. The Hall–Kier alpha value is -0.760. The first kappa shape index (κ1) is 22.3. The minimum Gasteiger partial charge on any atom is -0.377 e. The van der Waals surface area contributed by atoms with Crippen LogP contribution in [-0.2, 0) is 18.3 Å². The van der Waals surface area contributed by atoms with E-state index in [-0.39, 0.29) is 29.4 Å². The maximum Gasteiger partial charge on any atom is 0.191 e. The van der Waals surface area contributed by atoms with Crippen LogP contribution in [-0.4, -0.2) is 36.3 Å². The van der Waals surface area contributed by atoms with E-state index in [9.17, 15) is 0 Å². The summed E-state index contributed by atoms with van der Waals surface area (Å²) in [6.45, 7) is 12.3. The topological polar surface area (TPSA) is 50.6 Å². The van der Waals surface area contributed by atoms with Crippen molar-refractivity contribution in [2.75, 3.05) is 19.7 Å². The highest BCUT2D eigenvalue weighted by atomic mass is 127. The minimum atomic E-state index is 0. The Morgan fingerprint density at radius 2 is 2.12 bits per heavy atom. The lowest BCUT2D eigenvalue weighted by Crippen LogP contribution is -2.47. The molecule has 0 bridgehead atoms. The first-order chi connectivity index (χ1) is 11.4. The van der Waals surface area contributed by atoms with Gasteiger partial charge in [-0.2, -0.15) is 0 Å². The van der Waals surface area contributed by atoms with Gasteiger partial charge in [0.1, 0.15) is 0 Å². The molecular formula is C19H35IN4O. The number of hydrogen-bond donors (Lipinski definition) is 2. The number of ether oxygens (including phenoxy) is 1. The number of halogens is 1. The largest absolute Gasteiger partial charge is 0.377 e. The lowest BCUT2D eigenvalue weighted by molar-refractivity contribution is -0.0835. The Morgan fingerprint density at radius 3 is 2.72 bits per heavy atom. The van der Waals surface area contributed by atoms with Crippen molar-refractivity contribution >= 4 is 29.9 Å². The van der Waals surface area contributed by atoms with E-state index < -0.39 is 0 Å². The second-order valence-electron chi connectivity index (χ2n) is 7.82. The second kappa shape index (κ2) is 10.4. The van der Waals surface area contributed by atoms with Crippen LogP contribution in [0.1, 0.15) is 46.1 Å². The molecule has 0 aliphatic carbocycles. The van der Waals surface area contributed by atoms with Crippen LogP contribution in [0.3, 0.4) is 0 Å². The SMILES string of the molecule is CCNC(=NCc1ccn(C)c1)NCC1CCCOC1C(C)(C)C.I. The third-order valence-electron chi connectivity index (χ3n) is 4.49. The molecule has 1 aromatic heterocycles. The monoisotopic (exact) mass is 462 g/mol. The van der Waals surface area contributed by atoms with E-state index in [2.05, 4.69) is 61.4 Å². The summed E-state index contributed by atoms with van der Waals surface area (Å²) in [7, 11) is 2.03. The fourth-order valence-electron chi connectivity index (χ4n) is 3.40. The number of rotatable bonds is 5. The van der Waals surface area contributed by atoms with Gasteiger partial charge in [-0.3, -0.25) is 0 Å². The van der Waals surface area contributed by atoms with Crippen LogP contribution in [0.2, 0.25) is 0 Å². The summed E-state index contributed by atoms with van der Waals surface area (Å²) >= 11 is 0. The molecule has 1 aliphatic rings. The van der Waals surface area contributed by atoms with Crippen molar-refractivity contribution in [3.05, 3.63) is 24.0 Å². The number of hydrogen-bond acceptors (Lipinski definition) is 2. The van der Waals surface area contributed by atoms with Gasteiger partial charge in [-0.1, -0.05) is 20.8 Å². The smallest absolute Gasteiger partial charge is 0.191 e. The van der Waals surface area contributed by atoms with Gasteiger partial charge >= 0.3 is 0 Å². The molecule has 2 heterocycles. The maximum atomic E-state index is 6.08. The molecule has 1 fully saturated rings. The van der Waals surface area contributed by atoms with Gasteiger partial charge in [-0.15, -0.1) is 24.0 Å². The molecule has 1 aromatic rings. The van der Waals surface area contributed by atoms with Crippen molar-refractivity contribution in [1.82, 2.24) is 15.2 Å². The standard InChI is InChI=1S/C19H34N4O.HI/c1-6-20-18(21-12-15-9-10-23(5)14-15)22-13-16-8-7-11-24-17(16)19(2,3)4;/h9-10,14,16-17H,6-8,11-13H2,1-5H3,(H2,20,21,22);1H. The quantitative estimate of drug-likeness (QED) is 0.400. The highest BCUT2D eigenvalue weighted by Gasteiger charge is 2.35. The van der Waals surface area contributed by atoms with Crippen LogP contribution in [0.15, 0.2) is 23.5 Å². The highest BCUT2D eigenvalue weighted by Crippen LogP contribution is 2.33. The average molecular weight is 462 g/mol. The van der Waals surface area contributed by atoms with E-state index in [4.69, 9.17) is 9.73 Å². The second-order valence-corrected chi connectivity index (χ2v) is 7.82. The summed E-state index contributed by atoms with van der Waals surface area (Å²) in [6, 6.07) is 2.11. The molecule has 0 saturated carbocycles. The maximum absolute atomic E-state index is 6.08. The molecule has 1 aliphatic heterocycles. The molecule has 2 N–H and O–H groups in total. The van der Waals surface area contributed by atoms with E-state index in [0.29, 0.717) is 18.6 Å². The van der Waals surface area contributed by atoms with Gasteiger partial charge in [0.15, 0.2) is 5.96 Å². The molecule has 2 atom stereocenters. The molecule has 6 heteroatoms. The summed E-state index contributed by atoms with van der Waals surface area (Å²) in [5, 5.41) is 6.87. The van der Waals surface area contributed by atoms with E-state index >= 15 is 0 Å². The minimum absolute atomic E-state index is 0. The molecule has 144 valence electrons. The van der Waals surface area contributed by atoms with Crippen LogP contribution in [0.4, 0.5) is 0 Å². The lowest BCUT2D eigenvalue weighted by Gasteiger charge is -2.40. The number of guanidine groups is 1. The molecular weight excluding hydrogens is 427 g/mol. The van der Waals surface area contributed by atoms with Gasteiger partial charge in [0.05, 0.1) is 12.6 Å². The average Bonchev–Trinajstić information content (AvgIpc) is 2.95. The van der Waals surface area contributed by atoms with E-state index in [0.717, 1.165) is 32.1 Å². The number of aromatic nitrogens is 1. The molecule has 25 heavy (non-hydrogen) atoms. The van der Waals surface area contributed by atoms with Gasteiger partial charge in [0.25, 0.3) is 0 Å². The lowest BCUT2D eigenvalue weighted by atomic mass is 9.78. The van der Waals surface area contributed by atoms with Crippen molar-refractivity contribution in [2.45, 2.75) is 53.2 Å². The predicted octanol–water partition coefficient (Wildman–Crippen LogP) is 3.54. The van der Waals surface area contributed by atoms with Crippen LogP contribution in [0.25, 0.3) is 0 Å². The third-order valence-corrected chi connectivity index (χ3v) is 4.49. The van der Waals surface area contributed by atoms with Crippen LogP contribution in [0, 0.1) is 11.3 Å².